The monoisotopic (exact) mass is 475 g/mol. The molecule has 3 rings (SSSR count). The molecule has 2 N–H and O–H groups in total. The zero-order valence-electron chi connectivity index (χ0n) is 16.4. The lowest BCUT2D eigenvalue weighted by Crippen LogP contribution is -2.04. The summed E-state index contributed by atoms with van der Waals surface area (Å²) in [7, 11) is 0. The van der Waals surface area contributed by atoms with Crippen LogP contribution in [0.15, 0.2) is 46.8 Å². The van der Waals surface area contributed by atoms with Gasteiger partial charge in [0.25, 0.3) is 0 Å². The minimum absolute atomic E-state index is 0.100. The lowest BCUT2D eigenvalue weighted by Gasteiger charge is -2.02. The molecule has 3 aromatic rings. The largest absolute Gasteiger partial charge is 0.506 e. The number of carbonyl (C=O) groups is 3. The van der Waals surface area contributed by atoms with Crippen molar-refractivity contribution in [2.75, 3.05) is 6.54 Å². The van der Waals surface area contributed by atoms with Crippen molar-refractivity contribution in [3.8, 4) is 16.2 Å². The predicted molar refractivity (Wildman–Crippen MR) is 123 cm³/mol. The second-order valence-corrected chi connectivity index (χ2v) is 9.04. The number of aliphatic imine (C=N–C) groups is 1. The van der Waals surface area contributed by atoms with Gasteiger partial charge in [-0.25, -0.2) is 0 Å². The first-order chi connectivity index (χ1) is 14.8. The second kappa shape index (κ2) is 10.00. The standard InChI is InChI=1S/C22H18ClNO5S2/c1-12(15-11-30-22(21(15)29)13-2-4-14(23)5-3-13)24-10-17(26)19-8-7-18(31-19)16(25)6-9-20(27)28/h2-5,7-8,11,29H,6,9-10H2,1H3,(H,27,28). The van der Waals surface area contributed by atoms with Gasteiger partial charge in [-0.2, -0.15) is 0 Å². The van der Waals surface area contributed by atoms with Crippen molar-refractivity contribution in [3.05, 3.63) is 62.1 Å². The van der Waals surface area contributed by atoms with E-state index < -0.39 is 5.97 Å². The summed E-state index contributed by atoms with van der Waals surface area (Å²) in [5.41, 5.74) is 1.91. The average molecular weight is 476 g/mol. The van der Waals surface area contributed by atoms with Gasteiger partial charge in [0.15, 0.2) is 11.6 Å². The number of nitrogens with zero attached hydrogens (tertiary/aromatic N) is 1. The van der Waals surface area contributed by atoms with E-state index in [0.717, 1.165) is 16.9 Å². The number of Topliss-reactive ketones (excluding diaryl/α,β-unsaturated/α-hetero) is 2. The molecule has 0 amide bonds. The third-order valence-corrected chi connectivity index (χ3v) is 6.88. The minimum Gasteiger partial charge on any atom is -0.506 e. The first-order valence-corrected chi connectivity index (χ1v) is 11.3. The van der Waals surface area contributed by atoms with Crippen LogP contribution in [-0.2, 0) is 4.79 Å². The number of carboxylic acid groups (broad SMARTS) is 1. The third-order valence-electron chi connectivity index (χ3n) is 4.44. The number of rotatable bonds is 9. The van der Waals surface area contributed by atoms with Crippen LogP contribution in [0.25, 0.3) is 10.4 Å². The minimum atomic E-state index is -1.04. The maximum Gasteiger partial charge on any atom is 0.303 e. The summed E-state index contributed by atoms with van der Waals surface area (Å²) in [5, 5.41) is 21.7. The Balaban J connectivity index is 1.68. The topological polar surface area (TPSA) is 104 Å². The molecule has 0 spiro atoms. The molecule has 0 aliphatic rings. The molecule has 160 valence electrons. The van der Waals surface area contributed by atoms with Gasteiger partial charge in [-0.1, -0.05) is 23.7 Å². The van der Waals surface area contributed by atoms with Crippen LogP contribution in [0.4, 0.5) is 0 Å². The molecule has 0 atom stereocenters. The van der Waals surface area contributed by atoms with E-state index in [1.807, 2.05) is 12.1 Å². The van der Waals surface area contributed by atoms with E-state index in [1.165, 1.54) is 17.4 Å². The van der Waals surface area contributed by atoms with Crippen LogP contribution < -0.4 is 0 Å². The van der Waals surface area contributed by atoms with Crippen LogP contribution in [0.2, 0.25) is 5.02 Å². The summed E-state index contributed by atoms with van der Waals surface area (Å²) < 4.78 is 0. The normalized spacial score (nSPS) is 11.5. The van der Waals surface area contributed by atoms with Gasteiger partial charge in [0.1, 0.15) is 12.3 Å². The van der Waals surface area contributed by atoms with Crippen LogP contribution in [0.3, 0.4) is 0 Å². The summed E-state index contributed by atoms with van der Waals surface area (Å²) in [5.74, 6) is -1.50. The number of thiophene rings is 2. The summed E-state index contributed by atoms with van der Waals surface area (Å²) in [6.07, 6.45) is -0.347. The van der Waals surface area contributed by atoms with Crippen LogP contribution >= 0.6 is 34.3 Å². The van der Waals surface area contributed by atoms with Gasteiger partial charge in [0.2, 0.25) is 0 Å². The highest BCUT2D eigenvalue weighted by molar-refractivity contribution is 7.16. The molecular formula is C22H18ClNO5S2. The number of halogens is 1. The molecule has 0 saturated heterocycles. The molecular weight excluding hydrogens is 458 g/mol. The highest BCUT2D eigenvalue weighted by atomic mass is 35.5. The zero-order valence-corrected chi connectivity index (χ0v) is 18.8. The molecule has 2 aromatic heterocycles. The SMILES string of the molecule is CC(=NCC(=O)c1ccc(C(=O)CCC(=O)O)s1)c1csc(-c2ccc(Cl)cc2)c1O. The molecule has 0 fully saturated rings. The fraction of sp³-hybridized carbons (Fsp3) is 0.182. The quantitative estimate of drug-likeness (QED) is 0.310. The lowest BCUT2D eigenvalue weighted by atomic mass is 10.1. The highest BCUT2D eigenvalue weighted by Gasteiger charge is 2.17. The number of hydrogen-bond acceptors (Lipinski definition) is 7. The van der Waals surface area contributed by atoms with E-state index in [4.69, 9.17) is 16.7 Å². The fourth-order valence-electron chi connectivity index (χ4n) is 2.75. The van der Waals surface area contributed by atoms with E-state index >= 15 is 0 Å². The Morgan fingerprint density at radius 2 is 1.65 bits per heavy atom. The molecule has 0 radical (unpaired) electrons. The van der Waals surface area contributed by atoms with E-state index in [2.05, 4.69) is 4.99 Å². The number of carboxylic acids is 1. The molecule has 2 heterocycles. The molecule has 1 aromatic carbocycles. The van der Waals surface area contributed by atoms with Gasteiger partial charge >= 0.3 is 5.97 Å². The number of carbonyl (C=O) groups excluding carboxylic acids is 2. The number of aromatic hydroxyl groups is 1. The van der Waals surface area contributed by atoms with Crippen molar-refractivity contribution in [1.82, 2.24) is 0 Å². The highest BCUT2D eigenvalue weighted by Crippen LogP contribution is 2.39. The average Bonchev–Trinajstić information content (AvgIpc) is 3.38. The third kappa shape index (κ3) is 5.66. The first-order valence-electron chi connectivity index (χ1n) is 9.22. The van der Waals surface area contributed by atoms with Crippen LogP contribution in [0, 0.1) is 0 Å². The van der Waals surface area contributed by atoms with Crippen molar-refractivity contribution in [1.29, 1.82) is 0 Å². The number of aliphatic carboxylic acids is 1. The van der Waals surface area contributed by atoms with Crippen molar-refractivity contribution >= 4 is 57.5 Å². The van der Waals surface area contributed by atoms with Gasteiger partial charge < -0.3 is 10.2 Å². The maximum absolute atomic E-state index is 12.5. The number of ketones is 2. The van der Waals surface area contributed by atoms with Crippen molar-refractivity contribution in [2.45, 2.75) is 19.8 Å². The van der Waals surface area contributed by atoms with E-state index in [-0.39, 0.29) is 36.7 Å². The molecule has 0 unspecified atom stereocenters. The lowest BCUT2D eigenvalue weighted by molar-refractivity contribution is -0.136. The fourth-order valence-corrected chi connectivity index (χ4v) is 4.79. The summed E-state index contributed by atoms with van der Waals surface area (Å²) >= 11 is 8.32. The van der Waals surface area contributed by atoms with E-state index in [9.17, 15) is 19.5 Å². The second-order valence-electron chi connectivity index (χ2n) is 6.64. The Morgan fingerprint density at radius 1 is 1.00 bits per heavy atom. The van der Waals surface area contributed by atoms with Gasteiger partial charge in [0, 0.05) is 28.1 Å². The Bertz CT molecular complexity index is 1160. The Morgan fingerprint density at radius 3 is 2.29 bits per heavy atom. The molecule has 9 heteroatoms. The van der Waals surface area contributed by atoms with Gasteiger partial charge in [-0.15, -0.1) is 22.7 Å². The number of hydrogen-bond donors (Lipinski definition) is 2. The van der Waals surface area contributed by atoms with Crippen molar-refractivity contribution in [2.24, 2.45) is 4.99 Å². The van der Waals surface area contributed by atoms with Crippen LogP contribution in [0.1, 0.15) is 44.7 Å². The smallest absolute Gasteiger partial charge is 0.303 e. The Labute approximate surface area is 191 Å². The van der Waals surface area contributed by atoms with Crippen molar-refractivity contribution < 1.29 is 24.6 Å². The molecule has 0 bridgehead atoms. The van der Waals surface area contributed by atoms with Crippen molar-refractivity contribution in [3.63, 3.8) is 0 Å². The molecule has 6 nitrogen and oxygen atoms in total. The van der Waals surface area contributed by atoms with E-state index in [0.29, 0.717) is 30.9 Å². The van der Waals surface area contributed by atoms with Gasteiger partial charge in [-0.05, 0) is 36.8 Å². The summed E-state index contributed by atoms with van der Waals surface area (Å²) in [6.45, 7) is 1.59. The van der Waals surface area contributed by atoms with Crippen LogP contribution in [-0.4, -0.2) is 40.0 Å². The summed E-state index contributed by atoms with van der Waals surface area (Å²) in [4.78, 5) is 40.8. The maximum atomic E-state index is 12.5. The van der Waals surface area contributed by atoms with Gasteiger partial charge in [0.05, 0.1) is 21.1 Å². The molecule has 0 saturated carbocycles. The zero-order chi connectivity index (χ0) is 22.5. The predicted octanol–water partition coefficient (Wildman–Crippen LogP) is 5.58. The molecule has 31 heavy (non-hydrogen) atoms. The molecule has 0 aliphatic carbocycles. The summed E-state index contributed by atoms with van der Waals surface area (Å²) in [6, 6.07) is 10.2. The Hall–Kier alpha value is -2.81. The molecule has 0 aliphatic heterocycles. The van der Waals surface area contributed by atoms with Gasteiger partial charge in [-0.3, -0.25) is 19.4 Å². The van der Waals surface area contributed by atoms with E-state index in [1.54, 1.807) is 30.5 Å². The first kappa shape index (κ1) is 22.9. The van der Waals surface area contributed by atoms with Crippen LogP contribution in [0.5, 0.6) is 5.75 Å². The Kier molecular flexibility index (Phi) is 7.37. The number of benzene rings is 1.